The van der Waals surface area contributed by atoms with Crippen molar-refractivity contribution in [3.8, 4) is 21.6 Å². The Kier molecular flexibility index (Phi) is 2.90. The maximum absolute atomic E-state index is 12.8. The molecular weight excluding hydrogens is 356 g/mol. The van der Waals surface area contributed by atoms with E-state index in [1.165, 1.54) is 11.3 Å². The van der Waals surface area contributed by atoms with Gasteiger partial charge in [-0.2, -0.15) is 0 Å². The molecule has 1 atom stereocenters. The summed E-state index contributed by atoms with van der Waals surface area (Å²) in [6.45, 7) is 0. The number of thiophene rings is 1. The molecular formula is C19H11ClN2O2S. The van der Waals surface area contributed by atoms with Gasteiger partial charge in [-0.05, 0) is 40.5 Å². The Morgan fingerprint density at radius 3 is 2.44 bits per heavy atom. The van der Waals surface area contributed by atoms with Crippen LogP contribution in [0.3, 0.4) is 0 Å². The summed E-state index contributed by atoms with van der Waals surface area (Å²) >= 11 is 7.54. The minimum Gasteiger partial charge on any atom is -0.316 e. The summed E-state index contributed by atoms with van der Waals surface area (Å²) in [5.74, 6) is -0.343. The average molecular weight is 367 g/mol. The summed E-state index contributed by atoms with van der Waals surface area (Å²) in [6.07, 6.45) is 0. The van der Waals surface area contributed by atoms with Crippen LogP contribution in [0.4, 0.5) is 4.79 Å². The van der Waals surface area contributed by atoms with E-state index >= 15 is 0 Å². The predicted molar refractivity (Wildman–Crippen MR) is 97.7 cm³/mol. The van der Waals surface area contributed by atoms with Crippen molar-refractivity contribution in [2.45, 2.75) is 5.54 Å². The Morgan fingerprint density at radius 1 is 0.920 bits per heavy atom. The fraction of sp³-hybridized carbons (Fsp3) is 0.0526. The molecule has 4 nitrogen and oxygen atoms in total. The number of rotatable bonds is 1. The zero-order valence-corrected chi connectivity index (χ0v) is 14.4. The number of carbonyl (C=O) groups excluding carboxylic acids is 2. The van der Waals surface area contributed by atoms with Crippen LogP contribution in [0.25, 0.3) is 21.6 Å². The quantitative estimate of drug-likeness (QED) is 0.636. The molecule has 1 saturated heterocycles. The van der Waals surface area contributed by atoms with E-state index in [-0.39, 0.29) is 5.91 Å². The summed E-state index contributed by atoms with van der Waals surface area (Å²) in [5.41, 5.74) is 3.32. The molecule has 1 fully saturated rings. The van der Waals surface area contributed by atoms with Gasteiger partial charge in [0.1, 0.15) is 0 Å². The molecule has 3 aromatic rings. The standard InChI is InChI=1S/C19H11ClN2O2S/c20-16-8-7-15(25-16)10-5-6-12-11-3-1-2-4-13(11)19(14(12)9-10)17(23)21-18(24)22-19/h1-9H,(H2,21,22,23,24). The van der Waals surface area contributed by atoms with Crippen molar-refractivity contribution in [2.75, 3.05) is 0 Å². The van der Waals surface area contributed by atoms with Crippen LogP contribution in [-0.4, -0.2) is 11.9 Å². The number of nitrogens with one attached hydrogen (secondary N) is 2. The summed E-state index contributed by atoms with van der Waals surface area (Å²) in [4.78, 5) is 25.7. The number of halogens is 1. The van der Waals surface area contributed by atoms with E-state index < -0.39 is 11.6 Å². The third-order valence-electron chi connectivity index (χ3n) is 4.77. The molecule has 25 heavy (non-hydrogen) atoms. The van der Waals surface area contributed by atoms with Crippen LogP contribution in [0.15, 0.2) is 54.6 Å². The van der Waals surface area contributed by atoms with Crippen molar-refractivity contribution < 1.29 is 9.59 Å². The van der Waals surface area contributed by atoms with Crippen LogP contribution >= 0.6 is 22.9 Å². The lowest BCUT2D eigenvalue weighted by Crippen LogP contribution is -2.43. The van der Waals surface area contributed by atoms with Gasteiger partial charge >= 0.3 is 6.03 Å². The van der Waals surface area contributed by atoms with Crippen molar-refractivity contribution in [2.24, 2.45) is 0 Å². The number of hydrogen-bond acceptors (Lipinski definition) is 3. The zero-order valence-electron chi connectivity index (χ0n) is 12.8. The summed E-state index contributed by atoms with van der Waals surface area (Å²) < 4.78 is 0.709. The summed E-state index contributed by atoms with van der Waals surface area (Å²) in [7, 11) is 0. The molecule has 2 aromatic carbocycles. The molecule has 1 spiro atoms. The van der Waals surface area contributed by atoms with E-state index in [9.17, 15) is 9.59 Å². The fourth-order valence-corrected chi connectivity index (χ4v) is 4.78. The first kappa shape index (κ1) is 14.7. The van der Waals surface area contributed by atoms with Gasteiger partial charge in [-0.1, -0.05) is 48.0 Å². The molecule has 0 radical (unpaired) electrons. The van der Waals surface area contributed by atoms with Crippen LogP contribution in [0.1, 0.15) is 11.1 Å². The number of hydrogen-bond donors (Lipinski definition) is 2. The molecule has 6 heteroatoms. The van der Waals surface area contributed by atoms with Gasteiger partial charge in [-0.25, -0.2) is 4.79 Å². The van der Waals surface area contributed by atoms with Gasteiger partial charge in [0.25, 0.3) is 5.91 Å². The molecule has 1 aliphatic heterocycles. The van der Waals surface area contributed by atoms with E-state index in [4.69, 9.17) is 11.6 Å². The molecule has 0 saturated carbocycles. The lowest BCUT2D eigenvalue weighted by molar-refractivity contribution is -0.122. The first-order chi connectivity index (χ1) is 12.1. The fourth-order valence-electron chi connectivity index (χ4n) is 3.74. The Bertz CT molecular complexity index is 1070. The molecule has 122 valence electrons. The van der Waals surface area contributed by atoms with Gasteiger partial charge in [0.05, 0.1) is 4.34 Å². The Labute approximate surface area is 152 Å². The summed E-state index contributed by atoms with van der Waals surface area (Å²) in [6, 6.07) is 17.0. The number of fused-ring (bicyclic) bond motifs is 5. The first-order valence-corrected chi connectivity index (χ1v) is 8.93. The Balaban J connectivity index is 1.80. The van der Waals surface area contributed by atoms with Gasteiger partial charge in [0, 0.05) is 10.4 Å². The molecule has 2 N–H and O–H groups in total. The lowest BCUT2D eigenvalue weighted by atomic mass is 9.87. The highest BCUT2D eigenvalue weighted by Crippen LogP contribution is 2.50. The third-order valence-corrected chi connectivity index (χ3v) is 6.05. The van der Waals surface area contributed by atoms with E-state index in [1.54, 1.807) is 0 Å². The minimum atomic E-state index is -1.17. The normalized spacial score (nSPS) is 20.4. The molecule has 0 bridgehead atoms. The van der Waals surface area contributed by atoms with E-state index in [0.717, 1.165) is 32.7 Å². The van der Waals surface area contributed by atoms with Gasteiger partial charge in [0.15, 0.2) is 5.54 Å². The number of carbonyl (C=O) groups is 2. The van der Waals surface area contributed by atoms with Gasteiger partial charge < -0.3 is 5.32 Å². The zero-order chi connectivity index (χ0) is 17.2. The van der Waals surface area contributed by atoms with Gasteiger partial charge in [0.2, 0.25) is 0 Å². The van der Waals surface area contributed by atoms with Crippen molar-refractivity contribution in [3.63, 3.8) is 0 Å². The number of urea groups is 1. The second kappa shape index (κ2) is 4.94. The van der Waals surface area contributed by atoms with E-state index in [2.05, 4.69) is 10.6 Å². The van der Waals surface area contributed by atoms with Gasteiger partial charge in [-0.3, -0.25) is 10.1 Å². The van der Waals surface area contributed by atoms with Crippen LogP contribution in [-0.2, 0) is 10.3 Å². The number of benzene rings is 2. The van der Waals surface area contributed by atoms with E-state index in [1.807, 2.05) is 54.6 Å². The van der Waals surface area contributed by atoms with Crippen LogP contribution in [0, 0.1) is 0 Å². The first-order valence-electron chi connectivity index (χ1n) is 7.73. The summed E-state index contributed by atoms with van der Waals surface area (Å²) in [5, 5.41) is 5.24. The number of imide groups is 1. The minimum absolute atomic E-state index is 0.343. The smallest absolute Gasteiger partial charge is 0.316 e. The topological polar surface area (TPSA) is 58.2 Å². The molecule has 1 unspecified atom stereocenters. The molecule has 2 heterocycles. The van der Waals surface area contributed by atoms with Gasteiger partial charge in [-0.15, -0.1) is 11.3 Å². The third kappa shape index (κ3) is 1.88. The van der Waals surface area contributed by atoms with Crippen LogP contribution in [0.5, 0.6) is 0 Å². The van der Waals surface area contributed by atoms with Crippen molar-refractivity contribution >= 4 is 34.9 Å². The predicted octanol–water partition coefficient (Wildman–Crippen LogP) is 4.13. The molecule has 1 aliphatic carbocycles. The van der Waals surface area contributed by atoms with Crippen LogP contribution < -0.4 is 10.6 Å². The van der Waals surface area contributed by atoms with Crippen molar-refractivity contribution in [1.29, 1.82) is 0 Å². The lowest BCUT2D eigenvalue weighted by Gasteiger charge is -2.23. The molecule has 1 aromatic heterocycles. The second-order valence-electron chi connectivity index (χ2n) is 6.07. The Morgan fingerprint density at radius 2 is 1.72 bits per heavy atom. The molecule has 5 rings (SSSR count). The second-order valence-corrected chi connectivity index (χ2v) is 7.78. The highest BCUT2D eigenvalue weighted by Gasteiger charge is 2.54. The SMILES string of the molecule is O=C1NC(=O)C2(N1)c1ccccc1-c1ccc(-c3ccc(Cl)s3)cc12. The Hall–Kier alpha value is -2.63. The molecule has 2 aliphatic rings. The maximum Gasteiger partial charge on any atom is 0.322 e. The maximum atomic E-state index is 12.8. The monoisotopic (exact) mass is 366 g/mol. The van der Waals surface area contributed by atoms with E-state index in [0.29, 0.717) is 4.34 Å². The van der Waals surface area contributed by atoms with Crippen LogP contribution in [0.2, 0.25) is 4.34 Å². The number of amides is 3. The molecule has 3 amide bonds. The van der Waals surface area contributed by atoms with Crippen molar-refractivity contribution in [3.05, 3.63) is 70.1 Å². The largest absolute Gasteiger partial charge is 0.322 e. The highest BCUT2D eigenvalue weighted by molar-refractivity contribution is 7.19. The van der Waals surface area contributed by atoms with Crippen molar-refractivity contribution in [1.82, 2.24) is 10.6 Å². The average Bonchev–Trinajstić information content (AvgIpc) is 3.25. The highest BCUT2D eigenvalue weighted by atomic mass is 35.5.